The van der Waals surface area contributed by atoms with Gasteiger partial charge in [-0.2, -0.15) is 0 Å². The maximum atomic E-state index is 13.5. The summed E-state index contributed by atoms with van der Waals surface area (Å²) in [5, 5.41) is 10.1. The molecule has 3 aromatic rings. The molecule has 0 unspecified atom stereocenters. The number of ether oxygens (including phenoxy) is 1. The number of nitrogens with zero attached hydrogens (tertiary/aromatic N) is 1. The van der Waals surface area contributed by atoms with Crippen LogP contribution in [0.2, 0.25) is 0 Å². The van der Waals surface area contributed by atoms with Gasteiger partial charge in [0, 0.05) is 49.3 Å². The number of nitrogens with one attached hydrogen (secondary N) is 4. The summed E-state index contributed by atoms with van der Waals surface area (Å²) < 4.78 is 18.6. The topological polar surface area (TPSA) is 90.5 Å². The SMILES string of the molecule is CN=C(NCCNC(=O)c1cccc(OC)c1)NCCc1c[nH]c2ccc(F)cc12. The molecule has 0 fully saturated rings. The molecule has 0 aliphatic rings. The largest absolute Gasteiger partial charge is 0.497 e. The lowest BCUT2D eigenvalue weighted by atomic mass is 10.1. The molecule has 30 heavy (non-hydrogen) atoms. The highest BCUT2D eigenvalue weighted by Crippen LogP contribution is 2.19. The van der Waals surface area contributed by atoms with Crippen LogP contribution in [0, 0.1) is 5.82 Å². The molecule has 0 aliphatic heterocycles. The second kappa shape index (κ2) is 10.3. The van der Waals surface area contributed by atoms with Gasteiger partial charge >= 0.3 is 0 Å². The van der Waals surface area contributed by atoms with Crippen molar-refractivity contribution in [3.05, 3.63) is 65.6 Å². The molecular weight excluding hydrogens is 385 g/mol. The number of halogens is 1. The van der Waals surface area contributed by atoms with E-state index in [2.05, 4.69) is 25.9 Å². The van der Waals surface area contributed by atoms with Gasteiger partial charge in [0.1, 0.15) is 11.6 Å². The molecule has 3 rings (SSSR count). The van der Waals surface area contributed by atoms with Crippen LogP contribution in [0.25, 0.3) is 10.9 Å². The normalized spacial score (nSPS) is 11.4. The van der Waals surface area contributed by atoms with Crippen LogP contribution in [-0.2, 0) is 6.42 Å². The van der Waals surface area contributed by atoms with Crippen molar-refractivity contribution in [1.29, 1.82) is 0 Å². The van der Waals surface area contributed by atoms with Crippen molar-refractivity contribution in [1.82, 2.24) is 20.9 Å². The zero-order valence-electron chi connectivity index (χ0n) is 17.1. The van der Waals surface area contributed by atoms with Crippen LogP contribution < -0.4 is 20.7 Å². The van der Waals surface area contributed by atoms with Crippen LogP contribution in [0.15, 0.2) is 53.7 Å². The van der Waals surface area contributed by atoms with E-state index in [1.807, 2.05) is 6.20 Å². The van der Waals surface area contributed by atoms with Gasteiger partial charge in [-0.25, -0.2) is 4.39 Å². The van der Waals surface area contributed by atoms with E-state index in [1.54, 1.807) is 50.6 Å². The van der Waals surface area contributed by atoms with E-state index in [1.165, 1.54) is 6.07 Å². The van der Waals surface area contributed by atoms with Gasteiger partial charge < -0.3 is 25.7 Å². The van der Waals surface area contributed by atoms with Gasteiger partial charge in [0.2, 0.25) is 0 Å². The lowest BCUT2D eigenvalue weighted by Gasteiger charge is -2.12. The molecule has 0 spiro atoms. The van der Waals surface area contributed by atoms with Gasteiger partial charge in [-0.1, -0.05) is 6.07 Å². The van der Waals surface area contributed by atoms with Crippen molar-refractivity contribution in [2.24, 2.45) is 4.99 Å². The van der Waals surface area contributed by atoms with E-state index in [9.17, 15) is 9.18 Å². The number of carbonyl (C=O) groups is 1. The van der Waals surface area contributed by atoms with Crippen molar-refractivity contribution in [3.63, 3.8) is 0 Å². The van der Waals surface area contributed by atoms with Gasteiger partial charge in [-0.05, 0) is 48.4 Å². The third-order valence-electron chi connectivity index (χ3n) is 4.67. The summed E-state index contributed by atoms with van der Waals surface area (Å²) in [5.74, 6) is 0.870. The first kappa shape index (κ1) is 21.2. The molecule has 1 amide bonds. The third-order valence-corrected chi connectivity index (χ3v) is 4.67. The Balaban J connectivity index is 1.40. The molecule has 8 heteroatoms. The third kappa shape index (κ3) is 5.50. The molecule has 0 bridgehead atoms. The Bertz CT molecular complexity index is 1030. The van der Waals surface area contributed by atoms with Crippen LogP contribution >= 0.6 is 0 Å². The van der Waals surface area contributed by atoms with E-state index < -0.39 is 0 Å². The number of aromatic amines is 1. The van der Waals surface area contributed by atoms with Crippen molar-refractivity contribution in [2.75, 3.05) is 33.8 Å². The summed E-state index contributed by atoms with van der Waals surface area (Å²) in [5.41, 5.74) is 2.51. The lowest BCUT2D eigenvalue weighted by Crippen LogP contribution is -2.42. The average molecular weight is 411 g/mol. The Labute approximate surface area is 174 Å². The minimum atomic E-state index is -0.246. The fraction of sp³-hybridized carbons (Fsp3) is 0.273. The summed E-state index contributed by atoms with van der Waals surface area (Å²) in [6.45, 7) is 1.60. The fourth-order valence-corrected chi connectivity index (χ4v) is 3.12. The van der Waals surface area contributed by atoms with Gasteiger partial charge in [-0.15, -0.1) is 0 Å². The minimum Gasteiger partial charge on any atom is -0.497 e. The molecule has 0 atom stereocenters. The average Bonchev–Trinajstić information content (AvgIpc) is 3.17. The molecule has 4 N–H and O–H groups in total. The number of rotatable bonds is 8. The monoisotopic (exact) mass is 411 g/mol. The number of hydrogen-bond donors (Lipinski definition) is 4. The van der Waals surface area contributed by atoms with Gasteiger partial charge in [0.15, 0.2) is 5.96 Å². The van der Waals surface area contributed by atoms with Crippen LogP contribution in [-0.4, -0.2) is 50.6 Å². The van der Waals surface area contributed by atoms with Crippen molar-refractivity contribution >= 4 is 22.8 Å². The molecule has 0 radical (unpaired) electrons. The maximum absolute atomic E-state index is 13.5. The highest BCUT2D eigenvalue weighted by molar-refractivity contribution is 5.94. The van der Waals surface area contributed by atoms with E-state index >= 15 is 0 Å². The Kier molecular flexibility index (Phi) is 7.26. The second-order valence-electron chi connectivity index (χ2n) is 6.67. The number of aromatic nitrogens is 1. The standard InChI is InChI=1S/C22H26FN5O2/c1-24-22(26-9-8-16-14-28-20-7-6-17(23)13-19(16)20)27-11-10-25-21(29)15-4-3-5-18(12-15)30-2/h3-7,12-14,28H,8-11H2,1-2H3,(H,25,29)(H2,24,26,27). The molecule has 2 aromatic carbocycles. The molecule has 1 aromatic heterocycles. The predicted octanol–water partition coefficient (Wildman–Crippen LogP) is 2.45. The van der Waals surface area contributed by atoms with Gasteiger partial charge in [-0.3, -0.25) is 9.79 Å². The quantitative estimate of drug-likeness (QED) is 0.260. The molecule has 7 nitrogen and oxygen atoms in total. The highest BCUT2D eigenvalue weighted by Gasteiger charge is 2.07. The van der Waals surface area contributed by atoms with E-state index in [0.717, 1.165) is 22.9 Å². The number of carbonyl (C=O) groups excluding carboxylic acids is 1. The Morgan fingerprint density at radius 2 is 1.90 bits per heavy atom. The van der Waals surface area contributed by atoms with Crippen LogP contribution in [0.4, 0.5) is 4.39 Å². The van der Waals surface area contributed by atoms with E-state index in [-0.39, 0.29) is 11.7 Å². The molecule has 1 heterocycles. The zero-order valence-corrected chi connectivity index (χ0v) is 17.1. The number of hydrogen-bond acceptors (Lipinski definition) is 3. The Hall–Kier alpha value is -3.55. The fourth-order valence-electron chi connectivity index (χ4n) is 3.12. The van der Waals surface area contributed by atoms with Gasteiger partial charge in [0.05, 0.1) is 7.11 Å². The number of guanidine groups is 1. The van der Waals surface area contributed by atoms with Crippen molar-refractivity contribution in [2.45, 2.75) is 6.42 Å². The van der Waals surface area contributed by atoms with E-state index in [4.69, 9.17) is 4.74 Å². The summed E-state index contributed by atoms with van der Waals surface area (Å²) >= 11 is 0. The summed E-state index contributed by atoms with van der Waals surface area (Å²) in [6.07, 6.45) is 2.62. The number of amides is 1. The smallest absolute Gasteiger partial charge is 0.251 e. The molecule has 0 saturated carbocycles. The molecule has 0 saturated heterocycles. The van der Waals surface area contributed by atoms with Gasteiger partial charge in [0.25, 0.3) is 5.91 Å². The van der Waals surface area contributed by atoms with Crippen LogP contribution in [0.5, 0.6) is 5.75 Å². The first-order chi connectivity index (χ1) is 14.6. The second-order valence-corrected chi connectivity index (χ2v) is 6.67. The number of benzene rings is 2. The summed E-state index contributed by atoms with van der Waals surface area (Å²) in [4.78, 5) is 19.5. The minimum absolute atomic E-state index is 0.162. The maximum Gasteiger partial charge on any atom is 0.251 e. The van der Waals surface area contributed by atoms with Crippen molar-refractivity contribution < 1.29 is 13.9 Å². The number of fused-ring (bicyclic) bond motifs is 1. The predicted molar refractivity (Wildman–Crippen MR) is 117 cm³/mol. The summed E-state index contributed by atoms with van der Waals surface area (Å²) in [7, 11) is 3.25. The first-order valence-electron chi connectivity index (χ1n) is 9.73. The van der Waals surface area contributed by atoms with Crippen molar-refractivity contribution in [3.8, 4) is 5.75 Å². The number of aliphatic imine (C=N–C) groups is 1. The van der Waals surface area contributed by atoms with E-state index in [0.29, 0.717) is 36.9 Å². The zero-order chi connectivity index (χ0) is 21.3. The molecule has 0 aliphatic carbocycles. The Morgan fingerprint density at radius 3 is 2.70 bits per heavy atom. The number of methoxy groups -OCH3 is 1. The lowest BCUT2D eigenvalue weighted by molar-refractivity contribution is 0.0954. The van der Waals surface area contributed by atoms with Crippen LogP contribution in [0.1, 0.15) is 15.9 Å². The van der Waals surface area contributed by atoms with Crippen LogP contribution in [0.3, 0.4) is 0 Å². The molecular formula is C22H26FN5O2. The highest BCUT2D eigenvalue weighted by atomic mass is 19.1. The number of H-pyrrole nitrogens is 1. The molecule has 158 valence electrons. The Morgan fingerprint density at radius 1 is 1.10 bits per heavy atom. The summed E-state index contributed by atoms with van der Waals surface area (Å²) in [6, 6.07) is 11.7. The first-order valence-corrected chi connectivity index (χ1v) is 9.73.